The minimum absolute atomic E-state index is 0.264. The average molecular weight is 296 g/mol. The first-order valence-corrected chi connectivity index (χ1v) is 7.32. The van der Waals surface area contributed by atoms with Gasteiger partial charge in [0.05, 0.1) is 5.54 Å². The smallest absolute Gasteiger partial charge is 0.408 e. The zero-order valence-corrected chi connectivity index (χ0v) is 13.3. The van der Waals surface area contributed by atoms with E-state index in [9.17, 15) is 9.90 Å². The van der Waals surface area contributed by atoms with Crippen molar-refractivity contribution in [3.8, 4) is 0 Å². The predicted molar refractivity (Wildman–Crippen MR) is 81.5 cm³/mol. The van der Waals surface area contributed by atoms with Crippen molar-refractivity contribution < 1.29 is 9.90 Å². The van der Waals surface area contributed by atoms with Crippen molar-refractivity contribution in [2.45, 2.75) is 58.0 Å². The largest absolute Gasteiger partial charge is 0.465 e. The molecule has 0 aliphatic heterocycles. The van der Waals surface area contributed by atoms with E-state index in [2.05, 4.69) is 0 Å². The summed E-state index contributed by atoms with van der Waals surface area (Å²) in [6.07, 6.45) is 1.74. The maximum atomic E-state index is 11.7. The Morgan fingerprint density at radius 1 is 1.40 bits per heavy atom. The second kappa shape index (κ2) is 4.96. The molecule has 20 heavy (non-hydrogen) atoms. The van der Waals surface area contributed by atoms with Crippen molar-refractivity contribution >= 4 is 17.7 Å². The summed E-state index contributed by atoms with van der Waals surface area (Å²) in [7, 11) is 0. The lowest BCUT2D eigenvalue weighted by atomic mass is 9.94. The molecule has 4 heteroatoms. The van der Waals surface area contributed by atoms with Crippen molar-refractivity contribution in [1.82, 2.24) is 4.90 Å². The van der Waals surface area contributed by atoms with Gasteiger partial charge in [0, 0.05) is 10.6 Å². The molecule has 1 aromatic rings. The number of carboxylic acid groups (broad SMARTS) is 1. The lowest BCUT2D eigenvalue weighted by Crippen LogP contribution is -2.53. The normalized spacial score (nSPS) is 16.9. The Bertz CT molecular complexity index is 530. The molecule has 1 N–H and O–H groups in total. The topological polar surface area (TPSA) is 40.5 Å². The standard InChI is InChI=1S/C16H22ClNO2/c1-11-5-6-13(17)9-12(11)10-16(7-8-16)18(14(19)20)15(2,3)4/h5-6,9H,7-8,10H2,1-4H3,(H,19,20). The Kier molecular flexibility index (Phi) is 3.76. The average Bonchev–Trinajstić information content (AvgIpc) is 3.01. The van der Waals surface area contributed by atoms with Crippen LogP contribution in [-0.4, -0.2) is 27.2 Å². The van der Waals surface area contributed by atoms with Gasteiger partial charge in [-0.3, -0.25) is 4.90 Å². The first kappa shape index (κ1) is 15.2. The minimum atomic E-state index is -0.838. The fourth-order valence-corrected chi connectivity index (χ4v) is 3.20. The molecule has 0 atom stereocenters. The van der Waals surface area contributed by atoms with Crippen LogP contribution >= 0.6 is 11.6 Å². The molecular formula is C16H22ClNO2. The van der Waals surface area contributed by atoms with Gasteiger partial charge in [-0.2, -0.15) is 0 Å². The Morgan fingerprint density at radius 2 is 2.00 bits per heavy atom. The molecule has 3 nitrogen and oxygen atoms in total. The molecule has 1 amide bonds. The molecule has 0 heterocycles. The Balaban J connectivity index is 2.31. The zero-order chi connectivity index (χ0) is 15.1. The summed E-state index contributed by atoms with van der Waals surface area (Å²) in [5.74, 6) is 0. The van der Waals surface area contributed by atoms with Gasteiger partial charge in [0.1, 0.15) is 0 Å². The van der Waals surface area contributed by atoms with Gasteiger partial charge in [-0.1, -0.05) is 17.7 Å². The summed E-state index contributed by atoms with van der Waals surface area (Å²) in [4.78, 5) is 13.3. The molecule has 0 bridgehead atoms. The summed E-state index contributed by atoms with van der Waals surface area (Å²) in [6, 6.07) is 5.83. The Hall–Kier alpha value is -1.22. The third-order valence-electron chi connectivity index (χ3n) is 3.99. The van der Waals surface area contributed by atoms with Crippen molar-refractivity contribution in [2.75, 3.05) is 0 Å². The SMILES string of the molecule is Cc1ccc(Cl)cc1CC1(N(C(=O)O)C(C)(C)C)CC1. The molecule has 1 fully saturated rings. The van der Waals surface area contributed by atoms with E-state index < -0.39 is 11.6 Å². The highest BCUT2D eigenvalue weighted by atomic mass is 35.5. The zero-order valence-electron chi connectivity index (χ0n) is 12.5. The highest BCUT2D eigenvalue weighted by molar-refractivity contribution is 6.30. The van der Waals surface area contributed by atoms with Crippen molar-refractivity contribution in [3.63, 3.8) is 0 Å². The molecule has 1 aromatic carbocycles. The molecular weight excluding hydrogens is 274 g/mol. The maximum Gasteiger partial charge on any atom is 0.408 e. The lowest BCUT2D eigenvalue weighted by Gasteiger charge is -2.40. The van der Waals surface area contributed by atoms with E-state index in [4.69, 9.17) is 11.6 Å². The van der Waals surface area contributed by atoms with E-state index in [1.807, 2.05) is 45.9 Å². The van der Waals surface area contributed by atoms with Crippen molar-refractivity contribution in [2.24, 2.45) is 0 Å². The van der Waals surface area contributed by atoms with Gasteiger partial charge in [-0.15, -0.1) is 0 Å². The van der Waals surface area contributed by atoms with Crippen LogP contribution in [0.4, 0.5) is 4.79 Å². The van der Waals surface area contributed by atoms with Crippen LogP contribution in [0.1, 0.15) is 44.7 Å². The molecule has 2 rings (SSSR count). The quantitative estimate of drug-likeness (QED) is 0.892. The number of carbonyl (C=O) groups is 1. The van der Waals surface area contributed by atoms with E-state index in [1.165, 1.54) is 5.56 Å². The van der Waals surface area contributed by atoms with E-state index in [-0.39, 0.29) is 5.54 Å². The monoisotopic (exact) mass is 295 g/mol. The summed E-state index contributed by atoms with van der Waals surface area (Å²) in [5, 5.41) is 10.3. The molecule has 0 radical (unpaired) electrons. The third kappa shape index (κ3) is 2.93. The van der Waals surface area contributed by atoms with Gasteiger partial charge in [0.25, 0.3) is 0 Å². The fourth-order valence-electron chi connectivity index (χ4n) is 3.01. The van der Waals surface area contributed by atoms with E-state index in [0.717, 1.165) is 24.8 Å². The number of benzene rings is 1. The maximum absolute atomic E-state index is 11.7. The predicted octanol–water partition coefficient (Wildman–Crippen LogP) is 4.50. The van der Waals surface area contributed by atoms with Gasteiger partial charge < -0.3 is 5.11 Å². The van der Waals surface area contributed by atoms with Gasteiger partial charge in [0.2, 0.25) is 0 Å². The van der Waals surface area contributed by atoms with Crippen LogP contribution in [-0.2, 0) is 6.42 Å². The second-order valence-electron chi connectivity index (χ2n) is 6.76. The number of nitrogens with zero attached hydrogens (tertiary/aromatic N) is 1. The molecule has 0 unspecified atom stereocenters. The lowest BCUT2D eigenvalue weighted by molar-refractivity contribution is 0.0605. The molecule has 0 spiro atoms. The van der Waals surface area contributed by atoms with Crippen LogP contribution in [0.3, 0.4) is 0 Å². The van der Waals surface area contributed by atoms with Crippen LogP contribution < -0.4 is 0 Å². The summed E-state index contributed by atoms with van der Waals surface area (Å²) in [6.45, 7) is 7.90. The molecule has 1 aliphatic rings. The van der Waals surface area contributed by atoms with Crippen LogP contribution in [0, 0.1) is 6.92 Å². The molecule has 0 saturated heterocycles. The number of rotatable bonds is 3. The molecule has 110 valence electrons. The van der Waals surface area contributed by atoms with E-state index in [1.54, 1.807) is 4.90 Å². The number of hydrogen-bond acceptors (Lipinski definition) is 1. The van der Waals surface area contributed by atoms with Crippen LogP contribution in [0.15, 0.2) is 18.2 Å². The van der Waals surface area contributed by atoms with Gasteiger partial charge >= 0.3 is 6.09 Å². The second-order valence-corrected chi connectivity index (χ2v) is 7.20. The number of hydrogen-bond donors (Lipinski definition) is 1. The summed E-state index contributed by atoms with van der Waals surface area (Å²) in [5.41, 5.74) is 1.65. The highest BCUT2D eigenvalue weighted by Gasteiger charge is 2.54. The number of amides is 1. The van der Waals surface area contributed by atoms with Crippen molar-refractivity contribution in [1.29, 1.82) is 0 Å². The molecule has 0 aromatic heterocycles. The summed E-state index contributed by atoms with van der Waals surface area (Å²) >= 11 is 6.07. The van der Waals surface area contributed by atoms with Crippen LogP contribution in [0.5, 0.6) is 0 Å². The Labute approximate surface area is 125 Å². The minimum Gasteiger partial charge on any atom is -0.465 e. The highest BCUT2D eigenvalue weighted by Crippen LogP contribution is 2.48. The van der Waals surface area contributed by atoms with Gasteiger partial charge in [0.15, 0.2) is 0 Å². The van der Waals surface area contributed by atoms with Crippen LogP contribution in [0.2, 0.25) is 5.02 Å². The number of halogens is 1. The molecule has 1 aliphatic carbocycles. The van der Waals surface area contributed by atoms with Gasteiger partial charge in [-0.05, 0) is 70.2 Å². The van der Waals surface area contributed by atoms with E-state index >= 15 is 0 Å². The first-order chi connectivity index (χ1) is 9.16. The molecule has 1 saturated carbocycles. The van der Waals surface area contributed by atoms with Crippen LogP contribution in [0.25, 0.3) is 0 Å². The summed E-state index contributed by atoms with van der Waals surface area (Å²) < 4.78 is 0. The number of aryl methyl sites for hydroxylation is 1. The van der Waals surface area contributed by atoms with E-state index in [0.29, 0.717) is 5.02 Å². The van der Waals surface area contributed by atoms with Gasteiger partial charge in [-0.25, -0.2) is 4.79 Å². The van der Waals surface area contributed by atoms with Crippen molar-refractivity contribution in [3.05, 3.63) is 34.3 Å². The fraction of sp³-hybridized carbons (Fsp3) is 0.562. The Morgan fingerprint density at radius 3 is 2.45 bits per heavy atom. The third-order valence-corrected chi connectivity index (χ3v) is 4.23. The first-order valence-electron chi connectivity index (χ1n) is 6.94.